The van der Waals surface area contributed by atoms with Gasteiger partial charge in [0.05, 0.1) is 6.54 Å². The van der Waals surface area contributed by atoms with Crippen molar-refractivity contribution in [1.82, 2.24) is 9.80 Å². The Morgan fingerprint density at radius 3 is 2.15 bits per heavy atom. The van der Waals surface area contributed by atoms with Crippen LogP contribution in [0.25, 0.3) is 0 Å². The molecule has 0 aliphatic carbocycles. The minimum absolute atomic E-state index is 0.0321. The van der Waals surface area contributed by atoms with E-state index in [-0.39, 0.29) is 11.8 Å². The Hall–Kier alpha value is -1.88. The number of amides is 2. The van der Waals surface area contributed by atoms with Crippen molar-refractivity contribution in [3.63, 3.8) is 0 Å². The highest BCUT2D eigenvalue weighted by Gasteiger charge is 2.29. The molecular weight excluding hydrogens is 338 g/mol. The zero-order valence-corrected chi connectivity index (χ0v) is 16.8. The lowest BCUT2D eigenvalue weighted by atomic mass is 9.95. The number of hydrogen-bond donors (Lipinski definition) is 1. The van der Waals surface area contributed by atoms with Crippen LogP contribution < -0.4 is 5.32 Å². The fourth-order valence-corrected chi connectivity index (χ4v) is 4.28. The lowest BCUT2D eigenvalue weighted by Crippen LogP contribution is -2.44. The van der Waals surface area contributed by atoms with E-state index < -0.39 is 0 Å². The first kappa shape index (κ1) is 19.9. The molecule has 1 aromatic rings. The van der Waals surface area contributed by atoms with Crippen LogP contribution in [0, 0.1) is 19.8 Å². The van der Waals surface area contributed by atoms with Crippen molar-refractivity contribution in [2.75, 3.05) is 38.0 Å². The molecule has 2 fully saturated rings. The van der Waals surface area contributed by atoms with E-state index in [1.54, 1.807) is 0 Å². The summed E-state index contributed by atoms with van der Waals surface area (Å²) in [5.74, 6) is 0.516. The van der Waals surface area contributed by atoms with Crippen LogP contribution in [0.2, 0.25) is 0 Å². The molecule has 0 atom stereocenters. The maximum absolute atomic E-state index is 12.8. The average molecular weight is 372 g/mol. The van der Waals surface area contributed by atoms with E-state index in [9.17, 15) is 9.59 Å². The summed E-state index contributed by atoms with van der Waals surface area (Å²) in [6.45, 7) is 7.94. The second kappa shape index (κ2) is 9.36. The summed E-state index contributed by atoms with van der Waals surface area (Å²) in [7, 11) is 0. The molecule has 2 aliphatic rings. The molecule has 0 saturated carbocycles. The SMILES string of the molecule is Cc1cccc(C)c1NC(=O)CN1CCC(C(=O)N2CCCCCC2)CC1. The molecule has 148 valence electrons. The van der Waals surface area contributed by atoms with Gasteiger partial charge >= 0.3 is 0 Å². The van der Waals surface area contributed by atoms with Crippen LogP contribution >= 0.6 is 0 Å². The van der Waals surface area contributed by atoms with Gasteiger partial charge in [0, 0.05) is 24.7 Å². The number of benzene rings is 1. The molecule has 27 heavy (non-hydrogen) atoms. The quantitative estimate of drug-likeness (QED) is 0.883. The highest BCUT2D eigenvalue weighted by Crippen LogP contribution is 2.23. The van der Waals surface area contributed by atoms with Gasteiger partial charge in [-0.2, -0.15) is 0 Å². The van der Waals surface area contributed by atoms with E-state index >= 15 is 0 Å². The first-order chi connectivity index (χ1) is 13.0. The van der Waals surface area contributed by atoms with Crippen molar-refractivity contribution in [3.05, 3.63) is 29.3 Å². The zero-order chi connectivity index (χ0) is 19.2. The van der Waals surface area contributed by atoms with Crippen LogP contribution in [0.15, 0.2) is 18.2 Å². The number of nitrogens with one attached hydrogen (secondary N) is 1. The van der Waals surface area contributed by atoms with E-state index in [0.29, 0.717) is 12.5 Å². The van der Waals surface area contributed by atoms with Crippen LogP contribution in [0.5, 0.6) is 0 Å². The van der Waals surface area contributed by atoms with Crippen molar-refractivity contribution in [3.8, 4) is 0 Å². The Bertz CT molecular complexity index is 637. The topological polar surface area (TPSA) is 52.7 Å². The molecule has 0 bridgehead atoms. The fourth-order valence-electron chi connectivity index (χ4n) is 4.28. The maximum Gasteiger partial charge on any atom is 0.238 e. The molecule has 5 heteroatoms. The van der Waals surface area contributed by atoms with E-state index in [1.807, 2.05) is 32.0 Å². The number of anilines is 1. The van der Waals surface area contributed by atoms with E-state index in [1.165, 1.54) is 12.8 Å². The predicted octanol–water partition coefficient (Wildman–Crippen LogP) is 3.36. The number of hydrogen-bond acceptors (Lipinski definition) is 3. The molecule has 0 unspecified atom stereocenters. The third kappa shape index (κ3) is 5.32. The Morgan fingerprint density at radius 1 is 0.963 bits per heavy atom. The number of aryl methyl sites for hydroxylation is 2. The van der Waals surface area contributed by atoms with Gasteiger partial charge in [0.25, 0.3) is 0 Å². The molecule has 1 aromatic carbocycles. The third-order valence-electron chi connectivity index (χ3n) is 5.97. The number of likely N-dealkylation sites (tertiary alicyclic amines) is 2. The summed E-state index contributed by atoms with van der Waals surface area (Å²) in [6, 6.07) is 6.04. The second-order valence-electron chi connectivity index (χ2n) is 8.10. The number of piperidine rings is 1. The number of para-hydroxylation sites is 1. The Kier molecular flexibility index (Phi) is 6.89. The van der Waals surface area contributed by atoms with E-state index in [0.717, 1.165) is 68.7 Å². The number of rotatable bonds is 4. The van der Waals surface area contributed by atoms with Crippen LogP contribution in [-0.4, -0.2) is 54.3 Å². The molecule has 2 saturated heterocycles. The lowest BCUT2D eigenvalue weighted by Gasteiger charge is -2.33. The average Bonchev–Trinajstić information content (AvgIpc) is 2.94. The van der Waals surface area contributed by atoms with Crippen molar-refractivity contribution < 1.29 is 9.59 Å². The van der Waals surface area contributed by atoms with Gasteiger partial charge in [-0.15, -0.1) is 0 Å². The lowest BCUT2D eigenvalue weighted by molar-refractivity contribution is -0.137. The van der Waals surface area contributed by atoms with Gasteiger partial charge in [-0.25, -0.2) is 0 Å². The van der Waals surface area contributed by atoms with Gasteiger partial charge in [-0.3, -0.25) is 14.5 Å². The maximum atomic E-state index is 12.8. The Balaban J connectivity index is 1.46. The van der Waals surface area contributed by atoms with Crippen LogP contribution in [0.1, 0.15) is 49.7 Å². The second-order valence-corrected chi connectivity index (χ2v) is 8.10. The molecule has 1 N–H and O–H groups in total. The molecule has 0 radical (unpaired) electrons. The van der Waals surface area contributed by atoms with Gasteiger partial charge in [0.1, 0.15) is 0 Å². The van der Waals surface area contributed by atoms with Crippen molar-refractivity contribution in [2.24, 2.45) is 5.92 Å². The first-order valence-electron chi connectivity index (χ1n) is 10.4. The van der Waals surface area contributed by atoms with Crippen LogP contribution in [-0.2, 0) is 9.59 Å². The molecular formula is C22H33N3O2. The van der Waals surface area contributed by atoms with Gasteiger partial charge in [0.15, 0.2) is 0 Å². The third-order valence-corrected chi connectivity index (χ3v) is 5.97. The first-order valence-corrected chi connectivity index (χ1v) is 10.4. The molecule has 2 aliphatic heterocycles. The summed E-state index contributed by atoms with van der Waals surface area (Å²) in [5.41, 5.74) is 3.10. The van der Waals surface area contributed by atoms with Gasteiger partial charge < -0.3 is 10.2 Å². The van der Waals surface area contributed by atoms with E-state index in [4.69, 9.17) is 0 Å². The summed E-state index contributed by atoms with van der Waals surface area (Å²) < 4.78 is 0. The predicted molar refractivity (Wildman–Crippen MR) is 109 cm³/mol. The standard InChI is InChI=1S/C22H33N3O2/c1-17-8-7-9-18(2)21(17)23-20(26)16-24-14-10-19(11-15-24)22(27)25-12-5-3-4-6-13-25/h7-9,19H,3-6,10-16H2,1-2H3,(H,23,26). The molecule has 0 aromatic heterocycles. The minimum Gasteiger partial charge on any atom is -0.342 e. The summed E-state index contributed by atoms with van der Waals surface area (Å²) in [5, 5.41) is 3.06. The highest BCUT2D eigenvalue weighted by atomic mass is 16.2. The van der Waals surface area contributed by atoms with Crippen molar-refractivity contribution in [2.45, 2.75) is 52.4 Å². The number of carbonyl (C=O) groups excluding carboxylic acids is 2. The molecule has 5 nitrogen and oxygen atoms in total. The number of carbonyl (C=O) groups is 2. The molecule has 0 spiro atoms. The minimum atomic E-state index is 0.0321. The Morgan fingerprint density at radius 2 is 1.56 bits per heavy atom. The van der Waals surface area contributed by atoms with Gasteiger partial charge in [-0.1, -0.05) is 31.0 Å². The van der Waals surface area contributed by atoms with Crippen molar-refractivity contribution >= 4 is 17.5 Å². The van der Waals surface area contributed by atoms with Crippen molar-refractivity contribution in [1.29, 1.82) is 0 Å². The fraction of sp³-hybridized carbons (Fsp3) is 0.636. The molecule has 3 rings (SSSR count). The summed E-state index contributed by atoms with van der Waals surface area (Å²) >= 11 is 0. The zero-order valence-electron chi connectivity index (χ0n) is 16.8. The number of nitrogens with zero attached hydrogens (tertiary/aromatic N) is 2. The highest BCUT2D eigenvalue weighted by molar-refractivity contribution is 5.93. The monoisotopic (exact) mass is 371 g/mol. The smallest absolute Gasteiger partial charge is 0.238 e. The van der Waals surface area contributed by atoms with E-state index in [2.05, 4.69) is 15.1 Å². The summed E-state index contributed by atoms with van der Waals surface area (Å²) in [4.78, 5) is 29.5. The Labute approximate surface area is 163 Å². The van der Waals surface area contributed by atoms with Gasteiger partial charge in [-0.05, 0) is 63.7 Å². The largest absolute Gasteiger partial charge is 0.342 e. The summed E-state index contributed by atoms with van der Waals surface area (Å²) in [6.07, 6.45) is 6.51. The van der Waals surface area contributed by atoms with Crippen LogP contribution in [0.4, 0.5) is 5.69 Å². The molecule has 2 heterocycles. The van der Waals surface area contributed by atoms with Gasteiger partial charge in [0.2, 0.25) is 11.8 Å². The van der Waals surface area contributed by atoms with Crippen LogP contribution in [0.3, 0.4) is 0 Å². The normalized spacial score (nSPS) is 19.6. The molecule has 2 amide bonds.